The molecule has 5 nitrogen and oxygen atoms in total. The van der Waals surface area contributed by atoms with Crippen molar-refractivity contribution >= 4 is 8.56 Å². The molecular weight excluding hydrogens is 222 g/mol. The van der Waals surface area contributed by atoms with Gasteiger partial charge in [-0.2, -0.15) is 0 Å². The van der Waals surface area contributed by atoms with Gasteiger partial charge in [-0.25, -0.2) is 0 Å². The average Bonchev–Trinajstić information content (AvgIpc) is 3.01. The minimum Gasteiger partial charge on any atom is -0.397 e. The molecule has 0 radical (unpaired) electrons. The molecule has 6 heteroatoms. The Morgan fingerprint density at radius 2 is 1.44 bits per heavy atom. The summed E-state index contributed by atoms with van der Waals surface area (Å²) in [6.07, 6.45) is 4.13. The Morgan fingerprint density at radius 1 is 1.00 bits per heavy atom. The van der Waals surface area contributed by atoms with Gasteiger partial charge in [0.05, 0.1) is 0 Å². The largest absolute Gasteiger partial charge is 0.397 e. The van der Waals surface area contributed by atoms with Crippen molar-refractivity contribution in [1.29, 1.82) is 0 Å². The molecule has 0 bridgehead atoms. The Balaban J connectivity index is 2.34. The third-order valence-corrected chi connectivity index (χ3v) is 9.17. The highest BCUT2D eigenvalue weighted by molar-refractivity contribution is 6.70. The van der Waals surface area contributed by atoms with E-state index in [1.807, 2.05) is 0 Å². The fourth-order valence-corrected chi connectivity index (χ4v) is 6.73. The maximum Gasteiger partial charge on any atom is 0.341 e. The molecule has 0 saturated heterocycles. The first-order valence-electron chi connectivity index (χ1n) is 5.75. The molecule has 0 atom stereocenters. The van der Waals surface area contributed by atoms with E-state index in [0.29, 0.717) is 0 Å². The van der Waals surface area contributed by atoms with Crippen LogP contribution in [0.3, 0.4) is 0 Å². The number of hydrogen-bond acceptors (Lipinski definition) is 5. The maximum atomic E-state index is 5.97. The molecule has 2 aliphatic carbocycles. The molecule has 2 aliphatic rings. The quantitative estimate of drug-likeness (QED) is 0.475. The van der Waals surface area contributed by atoms with Gasteiger partial charge in [0.1, 0.15) is 5.79 Å². The van der Waals surface area contributed by atoms with Crippen molar-refractivity contribution in [2.75, 3.05) is 14.2 Å². The van der Waals surface area contributed by atoms with Crippen LogP contribution >= 0.6 is 0 Å². The van der Waals surface area contributed by atoms with Gasteiger partial charge >= 0.3 is 8.56 Å². The Bertz CT molecular complexity index is 291. The first kappa shape index (κ1) is 12.5. The molecule has 2 saturated carbocycles. The van der Waals surface area contributed by atoms with Gasteiger partial charge in [0, 0.05) is 24.7 Å². The predicted molar refractivity (Wildman–Crippen MR) is 64.5 cm³/mol. The van der Waals surface area contributed by atoms with Gasteiger partial charge in [0.25, 0.3) is 0 Å². The summed E-state index contributed by atoms with van der Waals surface area (Å²) in [7, 11) is 1.20. The topological polar surface area (TPSA) is 96.5 Å². The molecule has 0 unspecified atom stereocenters. The van der Waals surface area contributed by atoms with Gasteiger partial charge < -0.3 is 26.1 Å². The second-order valence-corrected chi connectivity index (χ2v) is 9.12. The lowest BCUT2D eigenvalue weighted by molar-refractivity contribution is 0.163. The third kappa shape index (κ3) is 1.28. The summed E-state index contributed by atoms with van der Waals surface area (Å²) in [6.45, 7) is 2.09. The first-order chi connectivity index (χ1) is 7.29. The van der Waals surface area contributed by atoms with E-state index < -0.39 is 14.3 Å². The van der Waals surface area contributed by atoms with E-state index >= 15 is 0 Å². The molecule has 0 aromatic heterocycles. The zero-order valence-corrected chi connectivity index (χ0v) is 11.4. The van der Waals surface area contributed by atoms with Gasteiger partial charge in [0.2, 0.25) is 0 Å². The van der Waals surface area contributed by atoms with Crippen LogP contribution in [0.15, 0.2) is 0 Å². The van der Waals surface area contributed by atoms with E-state index in [1.165, 1.54) is 0 Å². The molecular formula is C10H23N3O2Si. The number of rotatable bonds is 5. The average molecular weight is 245 g/mol. The Labute approximate surface area is 97.9 Å². The molecule has 94 valence electrons. The highest BCUT2D eigenvalue weighted by Gasteiger charge is 2.79. The second kappa shape index (κ2) is 3.27. The van der Waals surface area contributed by atoms with Gasteiger partial charge in [-0.15, -0.1) is 0 Å². The maximum absolute atomic E-state index is 5.97. The summed E-state index contributed by atoms with van der Waals surface area (Å²) in [4.78, 5) is 0. The zero-order valence-electron chi connectivity index (χ0n) is 10.4. The molecule has 2 fully saturated rings. The van der Waals surface area contributed by atoms with Crippen molar-refractivity contribution in [1.82, 2.24) is 0 Å². The Kier molecular flexibility index (Phi) is 2.55. The summed E-state index contributed by atoms with van der Waals surface area (Å²) in [5.74, 6) is -1.12. The minimum atomic E-state index is -2.24. The van der Waals surface area contributed by atoms with E-state index in [0.717, 1.165) is 25.7 Å². The second-order valence-electron chi connectivity index (χ2n) is 5.45. The number of hydrogen-bond donors (Lipinski definition) is 3. The van der Waals surface area contributed by atoms with Crippen LogP contribution in [0, 0.1) is 5.41 Å². The summed E-state index contributed by atoms with van der Waals surface area (Å²) in [6, 6.07) is 0. The molecule has 6 N–H and O–H groups in total. The molecule has 0 heterocycles. The van der Waals surface area contributed by atoms with Crippen LogP contribution < -0.4 is 17.2 Å². The van der Waals surface area contributed by atoms with Crippen LogP contribution in [0.4, 0.5) is 0 Å². The zero-order chi connectivity index (χ0) is 12.2. The molecule has 0 spiro atoms. The minimum absolute atomic E-state index is 0.0156. The van der Waals surface area contributed by atoms with Crippen LogP contribution in [0.5, 0.6) is 0 Å². The molecule has 16 heavy (non-hydrogen) atoms. The fraction of sp³-hybridized carbons (Fsp3) is 1.00. The summed E-state index contributed by atoms with van der Waals surface area (Å²) in [5, 5.41) is 0.0156. The molecule has 0 aromatic carbocycles. The van der Waals surface area contributed by atoms with Crippen molar-refractivity contribution in [3.8, 4) is 0 Å². The highest BCUT2D eigenvalue weighted by atomic mass is 28.4. The van der Waals surface area contributed by atoms with E-state index in [1.54, 1.807) is 14.2 Å². The lowest BCUT2D eigenvalue weighted by Gasteiger charge is -2.44. The van der Waals surface area contributed by atoms with Gasteiger partial charge in [-0.3, -0.25) is 0 Å². The van der Waals surface area contributed by atoms with E-state index in [4.69, 9.17) is 26.1 Å². The molecule has 2 rings (SSSR count). The van der Waals surface area contributed by atoms with Crippen LogP contribution in [0.25, 0.3) is 0 Å². The van der Waals surface area contributed by atoms with Crippen molar-refractivity contribution in [3.05, 3.63) is 0 Å². The monoisotopic (exact) mass is 245 g/mol. The standard InChI is InChI=1S/C10H23N3O2Si/c1-14-16(3,15-2)9(6-7-9)8(4-5-8)10(11,12)13/h4-7,11-13H2,1-3H3. The van der Waals surface area contributed by atoms with E-state index in [9.17, 15) is 0 Å². The SMILES string of the molecule is CO[Si](C)(OC)C1(C2(C(N)(N)N)CC2)CC1. The van der Waals surface area contributed by atoms with Crippen molar-refractivity contribution in [2.24, 2.45) is 22.6 Å². The van der Waals surface area contributed by atoms with Crippen molar-refractivity contribution < 1.29 is 8.85 Å². The van der Waals surface area contributed by atoms with E-state index in [-0.39, 0.29) is 10.5 Å². The van der Waals surface area contributed by atoms with Crippen LogP contribution in [-0.4, -0.2) is 28.6 Å². The molecule has 0 aromatic rings. The van der Waals surface area contributed by atoms with Gasteiger partial charge in [0.15, 0.2) is 0 Å². The first-order valence-corrected chi connectivity index (χ1v) is 8.07. The predicted octanol–water partition coefficient (Wildman–Crippen LogP) is 0.196. The number of nitrogens with two attached hydrogens (primary N) is 3. The van der Waals surface area contributed by atoms with Crippen molar-refractivity contribution in [3.63, 3.8) is 0 Å². The van der Waals surface area contributed by atoms with Crippen LogP contribution in [0.2, 0.25) is 11.6 Å². The Hall–Kier alpha value is 0.0169. The highest BCUT2D eigenvalue weighted by Crippen LogP contribution is 2.81. The normalized spacial score (nSPS) is 26.6. The fourth-order valence-electron chi connectivity index (χ4n) is 3.42. The lowest BCUT2D eigenvalue weighted by Crippen LogP contribution is -2.68. The van der Waals surface area contributed by atoms with E-state index in [2.05, 4.69) is 6.55 Å². The summed E-state index contributed by atoms with van der Waals surface area (Å²) >= 11 is 0. The molecule has 0 amide bonds. The van der Waals surface area contributed by atoms with Gasteiger partial charge in [-0.05, 0) is 32.2 Å². The smallest absolute Gasteiger partial charge is 0.341 e. The third-order valence-electron chi connectivity index (χ3n) is 4.89. The van der Waals surface area contributed by atoms with Gasteiger partial charge in [-0.1, -0.05) is 0 Å². The molecule has 0 aliphatic heterocycles. The van der Waals surface area contributed by atoms with Crippen LogP contribution in [0.1, 0.15) is 25.7 Å². The van der Waals surface area contributed by atoms with Crippen molar-refractivity contribution in [2.45, 2.75) is 43.1 Å². The Morgan fingerprint density at radius 3 is 1.62 bits per heavy atom. The summed E-state index contributed by atoms with van der Waals surface area (Å²) < 4.78 is 11.4. The summed E-state index contributed by atoms with van der Waals surface area (Å²) in [5.41, 5.74) is 17.8. The lowest BCUT2D eigenvalue weighted by atomic mass is 9.92. The van der Waals surface area contributed by atoms with Crippen LogP contribution in [-0.2, 0) is 8.85 Å².